The SMILES string of the molecule is COc1ncccc1C(=O)C1CCC(C)C(C)C1. The van der Waals surface area contributed by atoms with Crippen molar-refractivity contribution in [2.45, 2.75) is 33.1 Å². The molecular formula is C15H21NO2. The minimum atomic E-state index is 0.134. The van der Waals surface area contributed by atoms with Gasteiger partial charge >= 0.3 is 0 Å². The second-order valence-corrected chi connectivity index (χ2v) is 5.39. The lowest BCUT2D eigenvalue weighted by molar-refractivity contribution is 0.0833. The molecule has 0 N–H and O–H groups in total. The van der Waals surface area contributed by atoms with Crippen LogP contribution < -0.4 is 4.74 Å². The van der Waals surface area contributed by atoms with E-state index in [4.69, 9.17) is 4.74 Å². The topological polar surface area (TPSA) is 39.2 Å². The Morgan fingerprint density at radius 2 is 2.11 bits per heavy atom. The molecule has 3 heteroatoms. The van der Waals surface area contributed by atoms with E-state index >= 15 is 0 Å². The zero-order valence-corrected chi connectivity index (χ0v) is 11.3. The molecule has 1 aromatic rings. The van der Waals surface area contributed by atoms with Gasteiger partial charge in [-0.05, 0) is 43.2 Å². The summed E-state index contributed by atoms with van der Waals surface area (Å²) in [4.78, 5) is 16.6. The van der Waals surface area contributed by atoms with Crippen LogP contribution in [0.4, 0.5) is 0 Å². The van der Waals surface area contributed by atoms with Crippen LogP contribution in [-0.4, -0.2) is 17.9 Å². The van der Waals surface area contributed by atoms with Gasteiger partial charge in [0.05, 0.1) is 12.7 Å². The summed E-state index contributed by atoms with van der Waals surface area (Å²) in [6, 6.07) is 3.61. The predicted octanol–water partition coefficient (Wildman–Crippen LogP) is 3.35. The zero-order chi connectivity index (χ0) is 13.1. The first kappa shape index (κ1) is 13.1. The molecule has 1 aliphatic carbocycles. The van der Waals surface area contributed by atoms with Gasteiger partial charge in [-0.2, -0.15) is 0 Å². The Kier molecular flexibility index (Phi) is 4.00. The summed E-state index contributed by atoms with van der Waals surface area (Å²) in [6.07, 6.45) is 4.77. The van der Waals surface area contributed by atoms with E-state index in [0.717, 1.165) is 25.2 Å². The largest absolute Gasteiger partial charge is 0.480 e. The molecule has 0 radical (unpaired) electrons. The Bertz CT molecular complexity index is 430. The third kappa shape index (κ3) is 2.55. The molecule has 2 rings (SSSR count). The van der Waals surface area contributed by atoms with Gasteiger partial charge in [0.2, 0.25) is 5.88 Å². The maximum Gasteiger partial charge on any atom is 0.224 e. The highest BCUT2D eigenvalue weighted by Gasteiger charge is 2.31. The first-order valence-corrected chi connectivity index (χ1v) is 6.66. The van der Waals surface area contributed by atoms with Crippen LogP contribution in [0.3, 0.4) is 0 Å². The highest BCUT2D eigenvalue weighted by Crippen LogP contribution is 2.35. The Morgan fingerprint density at radius 3 is 2.78 bits per heavy atom. The molecule has 3 unspecified atom stereocenters. The molecule has 0 bridgehead atoms. The van der Waals surface area contributed by atoms with Crippen molar-refractivity contribution in [3.63, 3.8) is 0 Å². The smallest absolute Gasteiger partial charge is 0.224 e. The number of aromatic nitrogens is 1. The van der Waals surface area contributed by atoms with Crippen LogP contribution in [0.5, 0.6) is 5.88 Å². The molecule has 1 aromatic heterocycles. The lowest BCUT2D eigenvalue weighted by Gasteiger charge is -2.31. The number of methoxy groups -OCH3 is 1. The average Bonchev–Trinajstić information content (AvgIpc) is 2.41. The number of nitrogens with zero attached hydrogens (tertiary/aromatic N) is 1. The van der Waals surface area contributed by atoms with Gasteiger partial charge in [-0.25, -0.2) is 4.98 Å². The highest BCUT2D eigenvalue weighted by atomic mass is 16.5. The molecule has 3 nitrogen and oxygen atoms in total. The first-order chi connectivity index (χ1) is 8.63. The van der Waals surface area contributed by atoms with Crippen molar-refractivity contribution in [3.05, 3.63) is 23.9 Å². The van der Waals surface area contributed by atoms with E-state index in [0.29, 0.717) is 17.4 Å². The summed E-state index contributed by atoms with van der Waals surface area (Å²) in [7, 11) is 1.56. The fourth-order valence-electron chi connectivity index (χ4n) is 2.75. The number of carbonyl (C=O) groups excluding carboxylic acids is 1. The molecule has 0 aromatic carbocycles. The number of Topliss-reactive ketones (excluding diaryl/α,β-unsaturated/α-hetero) is 1. The van der Waals surface area contributed by atoms with E-state index in [-0.39, 0.29) is 11.7 Å². The minimum Gasteiger partial charge on any atom is -0.480 e. The molecule has 1 aliphatic rings. The van der Waals surface area contributed by atoms with Crippen molar-refractivity contribution in [2.24, 2.45) is 17.8 Å². The molecule has 1 heterocycles. The van der Waals surface area contributed by atoms with Crippen molar-refractivity contribution >= 4 is 5.78 Å². The number of hydrogen-bond donors (Lipinski definition) is 0. The molecule has 0 aliphatic heterocycles. The van der Waals surface area contributed by atoms with E-state index < -0.39 is 0 Å². The third-order valence-corrected chi connectivity index (χ3v) is 4.20. The van der Waals surface area contributed by atoms with E-state index in [9.17, 15) is 4.79 Å². The number of ether oxygens (including phenoxy) is 1. The van der Waals surface area contributed by atoms with Gasteiger partial charge in [-0.3, -0.25) is 4.79 Å². The van der Waals surface area contributed by atoms with Crippen LogP contribution in [0.25, 0.3) is 0 Å². The summed E-state index contributed by atoms with van der Waals surface area (Å²) >= 11 is 0. The molecule has 1 saturated carbocycles. The van der Waals surface area contributed by atoms with Gasteiger partial charge in [0.25, 0.3) is 0 Å². The summed E-state index contributed by atoms with van der Waals surface area (Å²) in [5.41, 5.74) is 0.631. The van der Waals surface area contributed by atoms with Crippen LogP contribution in [0.2, 0.25) is 0 Å². The van der Waals surface area contributed by atoms with Gasteiger partial charge in [0.15, 0.2) is 5.78 Å². The van der Waals surface area contributed by atoms with Crippen molar-refractivity contribution in [1.82, 2.24) is 4.98 Å². The quantitative estimate of drug-likeness (QED) is 0.769. The van der Waals surface area contributed by atoms with Gasteiger partial charge in [0.1, 0.15) is 0 Å². The van der Waals surface area contributed by atoms with Crippen LogP contribution in [0.1, 0.15) is 43.5 Å². The van der Waals surface area contributed by atoms with Crippen LogP contribution in [-0.2, 0) is 0 Å². The van der Waals surface area contributed by atoms with Crippen molar-refractivity contribution < 1.29 is 9.53 Å². The normalized spacial score (nSPS) is 27.8. The monoisotopic (exact) mass is 247 g/mol. The van der Waals surface area contributed by atoms with Crippen molar-refractivity contribution in [1.29, 1.82) is 0 Å². The van der Waals surface area contributed by atoms with Gasteiger partial charge < -0.3 is 4.74 Å². The van der Waals surface area contributed by atoms with Crippen LogP contribution in [0, 0.1) is 17.8 Å². The zero-order valence-electron chi connectivity index (χ0n) is 11.3. The summed E-state index contributed by atoms with van der Waals surface area (Å²) in [5.74, 6) is 2.13. The molecule has 98 valence electrons. The van der Waals surface area contributed by atoms with E-state index in [1.54, 1.807) is 19.4 Å². The molecule has 1 fully saturated rings. The fourth-order valence-corrected chi connectivity index (χ4v) is 2.75. The summed E-state index contributed by atoms with van der Waals surface area (Å²) in [5, 5.41) is 0. The molecule has 0 amide bonds. The first-order valence-electron chi connectivity index (χ1n) is 6.66. The van der Waals surface area contributed by atoms with E-state index in [2.05, 4.69) is 18.8 Å². The number of rotatable bonds is 3. The second-order valence-electron chi connectivity index (χ2n) is 5.39. The number of carbonyl (C=O) groups is 1. The molecular weight excluding hydrogens is 226 g/mol. The number of ketones is 1. The lowest BCUT2D eigenvalue weighted by Crippen LogP contribution is -2.26. The van der Waals surface area contributed by atoms with Crippen molar-refractivity contribution in [2.75, 3.05) is 7.11 Å². The summed E-state index contributed by atoms with van der Waals surface area (Å²) in [6.45, 7) is 4.51. The number of hydrogen-bond acceptors (Lipinski definition) is 3. The Balaban J connectivity index is 2.16. The number of pyridine rings is 1. The maximum absolute atomic E-state index is 12.5. The fraction of sp³-hybridized carbons (Fsp3) is 0.600. The Hall–Kier alpha value is -1.38. The molecule has 18 heavy (non-hydrogen) atoms. The van der Waals surface area contributed by atoms with Crippen LogP contribution >= 0.6 is 0 Å². The Labute approximate surface area is 109 Å². The van der Waals surface area contributed by atoms with E-state index in [1.807, 2.05) is 6.07 Å². The van der Waals surface area contributed by atoms with Gasteiger partial charge in [-0.15, -0.1) is 0 Å². The van der Waals surface area contributed by atoms with E-state index in [1.165, 1.54) is 0 Å². The lowest BCUT2D eigenvalue weighted by atomic mass is 9.73. The molecule has 3 atom stereocenters. The van der Waals surface area contributed by atoms with Crippen molar-refractivity contribution in [3.8, 4) is 5.88 Å². The Morgan fingerprint density at radius 1 is 1.33 bits per heavy atom. The second kappa shape index (κ2) is 5.51. The third-order valence-electron chi connectivity index (χ3n) is 4.20. The standard InChI is InChI=1S/C15H21NO2/c1-10-6-7-12(9-11(10)2)14(17)13-5-4-8-16-15(13)18-3/h4-5,8,10-12H,6-7,9H2,1-3H3. The van der Waals surface area contributed by atoms with Gasteiger partial charge in [0, 0.05) is 12.1 Å². The van der Waals surface area contributed by atoms with Crippen LogP contribution in [0.15, 0.2) is 18.3 Å². The molecule has 0 spiro atoms. The maximum atomic E-state index is 12.5. The summed E-state index contributed by atoms with van der Waals surface area (Å²) < 4.78 is 5.17. The predicted molar refractivity (Wildman–Crippen MR) is 70.8 cm³/mol. The average molecular weight is 247 g/mol. The van der Waals surface area contributed by atoms with Gasteiger partial charge in [-0.1, -0.05) is 13.8 Å². The molecule has 0 saturated heterocycles. The highest BCUT2D eigenvalue weighted by molar-refractivity contribution is 5.99. The minimum absolute atomic E-state index is 0.134.